The molecule has 7 heteroatoms. The minimum absolute atomic E-state index is 0.0318. The number of nitrogens with one attached hydrogen (secondary N) is 1. The van der Waals surface area contributed by atoms with Gasteiger partial charge in [0.2, 0.25) is 0 Å². The van der Waals surface area contributed by atoms with Crippen molar-refractivity contribution in [2.24, 2.45) is 5.10 Å². The van der Waals surface area contributed by atoms with Crippen LogP contribution in [-0.2, 0) is 16.1 Å². The van der Waals surface area contributed by atoms with E-state index in [1.807, 2.05) is 26.0 Å². The highest BCUT2D eigenvalue weighted by Gasteiger charge is 2.06. The Labute approximate surface area is 145 Å². The average Bonchev–Trinajstić information content (AvgIpc) is 2.56. The van der Waals surface area contributed by atoms with Gasteiger partial charge in [-0.3, -0.25) is 20.3 Å². The standard InChI is InChI=1S/C18H19N3O4/c1-12-9-16(11-25-14(3)22)13(2)8-15(12)10-19-20-17-4-6-18(7-5-17)21(23)24/h4-10,20H,11H2,1-3H3/b19-10-. The zero-order valence-corrected chi connectivity index (χ0v) is 14.3. The molecule has 1 N–H and O–H groups in total. The first-order valence-electron chi connectivity index (χ1n) is 7.64. The Morgan fingerprint density at radius 2 is 1.92 bits per heavy atom. The quantitative estimate of drug-likeness (QED) is 0.374. The molecule has 0 amide bonds. The molecule has 0 radical (unpaired) electrons. The van der Waals surface area contributed by atoms with E-state index >= 15 is 0 Å². The summed E-state index contributed by atoms with van der Waals surface area (Å²) in [6.45, 7) is 5.52. The number of non-ortho nitro benzene ring substituents is 1. The van der Waals surface area contributed by atoms with Crippen molar-refractivity contribution >= 4 is 23.6 Å². The Balaban J connectivity index is 2.06. The van der Waals surface area contributed by atoms with Crippen molar-refractivity contribution in [1.82, 2.24) is 0 Å². The molecule has 2 aromatic rings. The minimum atomic E-state index is -0.448. The van der Waals surface area contributed by atoms with E-state index in [1.165, 1.54) is 19.1 Å². The number of anilines is 1. The third kappa shape index (κ3) is 5.13. The number of hydrogen-bond donors (Lipinski definition) is 1. The molecule has 2 rings (SSSR count). The fraction of sp³-hybridized carbons (Fsp3) is 0.222. The maximum Gasteiger partial charge on any atom is 0.302 e. The molecule has 0 aromatic heterocycles. The van der Waals surface area contributed by atoms with E-state index in [2.05, 4.69) is 10.5 Å². The van der Waals surface area contributed by atoms with Crippen LogP contribution in [0.25, 0.3) is 0 Å². The molecule has 0 aliphatic heterocycles. The van der Waals surface area contributed by atoms with E-state index in [1.54, 1.807) is 18.3 Å². The number of aryl methyl sites for hydroxylation is 2. The van der Waals surface area contributed by atoms with Gasteiger partial charge < -0.3 is 4.74 Å². The van der Waals surface area contributed by atoms with E-state index in [4.69, 9.17) is 4.74 Å². The minimum Gasteiger partial charge on any atom is -0.461 e. The molecule has 0 aliphatic rings. The Morgan fingerprint density at radius 1 is 1.24 bits per heavy atom. The zero-order valence-electron chi connectivity index (χ0n) is 14.3. The number of esters is 1. The molecule has 0 atom stereocenters. The summed E-state index contributed by atoms with van der Waals surface area (Å²) in [5.74, 6) is -0.310. The van der Waals surface area contributed by atoms with Gasteiger partial charge in [-0.2, -0.15) is 5.10 Å². The smallest absolute Gasteiger partial charge is 0.302 e. The summed E-state index contributed by atoms with van der Waals surface area (Å²) >= 11 is 0. The summed E-state index contributed by atoms with van der Waals surface area (Å²) < 4.78 is 5.04. The second-order valence-electron chi connectivity index (χ2n) is 5.59. The molecular weight excluding hydrogens is 322 g/mol. The van der Waals surface area contributed by atoms with Gasteiger partial charge in [0.05, 0.1) is 16.8 Å². The molecule has 7 nitrogen and oxygen atoms in total. The normalized spacial score (nSPS) is 10.7. The fourth-order valence-corrected chi connectivity index (χ4v) is 2.21. The molecule has 130 valence electrons. The molecule has 0 bridgehead atoms. The Bertz CT molecular complexity index is 814. The van der Waals surface area contributed by atoms with Crippen LogP contribution in [0.1, 0.15) is 29.2 Å². The van der Waals surface area contributed by atoms with Crippen molar-refractivity contribution < 1.29 is 14.5 Å². The van der Waals surface area contributed by atoms with E-state index < -0.39 is 4.92 Å². The summed E-state index contributed by atoms with van der Waals surface area (Å²) in [7, 11) is 0. The Kier molecular flexibility index (Phi) is 5.84. The summed E-state index contributed by atoms with van der Waals surface area (Å²) in [4.78, 5) is 21.1. The molecule has 2 aromatic carbocycles. The van der Waals surface area contributed by atoms with Crippen molar-refractivity contribution in [2.45, 2.75) is 27.4 Å². The molecule has 0 unspecified atom stereocenters. The van der Waals surface area contributed by atoms with Crippen LogP contribution < -0.4 is 5.43 Å². The lowest BCUT2D eigenvalue weighted by molar-refractivity contribution is -0.384. The van der Waals surface area contributed by atoms with Crippen LogP contribution in [-0.4, -0.2) is 17.1 Å². The number of ether oxygens (including phenoxy) is 1. The number of nitro groups is 1. The highest BCUT2D eigenvalue weighted by atomic mass is 16.6. The number of benzene rings is 2. The van der Waals surface area contributed by atoms with Crippen LogP contribution in [0.3, 0.4) is 0 Å². The third-order valence-corrected chi connectivity index (χ3v) is 3.63. The number of nitrogens with zero attached hydrogens (tertiary/aromatic N) is 2. The second kappa shape index (κ2) is 8.05. The maximum atomic E-state index is 10.9. The first-order chi connectivity index (χ1) is 11.9. The van der Waals surface area contributed by atoms with E-state index in [0.717, 1.165) is 22.3 Å². The molecule has 25 heavy (non-hydrogen) atoms. The lowest BCUT2D eigenvalue weighted by atomic mass is 10.0. The average molecular weight is 341 g/mol. The monoisotopic (exact) mass is 341 g/mol. The van der Waals surface area contributed by atoms with Gasteiger partial charge in [0.1, 0.15) is 6.61 Å². The van der Waals surface area contributed by atoms with Crippen LogP contribution in [0.4, 0.5) is 11.4 Å². The van der Waals surface area contributed by atoms with E-state index in [0.29, 0.717) is 5.69 Å². The van der Waals surface area contributed by atoms with Crippen molar-refractivity contribution in [3.8, 4) is 0 Å². The highest BCUT2D eigenvalue weighted by molar-refractivity contribution is 5.82. The lowest BCUT2D eigenvalue weighted by Gasteiger charge is -2.10. The highest BCUT2D eigenvalue weighted by Crippen LogP contribution is 2.17. The molecule has 0 saturated carbocycles. The van der Waals surface area contributed by atoms with Crippen molar-refractivity contribution in [2.75, 3.05) is 5.43 Å². The molecule has 0 heterocycles. The van der Waals surface area contributed by atoms with Gasteiger partial charge in [-0.1, -0.05) is 6.07 Å². The van der Waals surface area contributed by atoms with Crippen molar-refractivity contribution in [3.63, 3.8) is 0 Å². The van der Waals surface area contributed by atoms with Crippen LogP contribution in [0.2, 0.25) is 0 Å². The lowest BCUT2D eigenvalue weighted by Crippen LogP contribution is -2.02. The Hall–Kier alpha value is -3.22. The number of carbonyl (C=O) groups is 1. The van der Waals surface area contributed by atoms with Gasteiger partial charge in [-0.05, 0) is 54.3 Å². The third-order valence-electron chi connectivity index (χ3n) is 3.63. The van der Waals surface area contributed by atoms with Gasteiger partial charge in [-0.15, -0.1) is 0 Å². The summed E-state index contributed by atoms with van der Waals surface area (Å²) in [6.07, 6.45) is 1.68. The zero-order chi connectivity index (χ0) is 18.4. The Morgan fingerprint density at radius 3 is 2.52 bits per heavy atom. The summed E-state index contributed by atoms with van der Waals surface area (Å²) in [5, 5.41) is 14.8. The molecular formula is C18H19N3O4. The second-order valence-corrected chi connectivity index (χ2v) is 5.59. The molecule has 0 saturated heterocycles. The van der Waals surface area contributed by atoms with Gasteiger partial charge in [0.25, 0.3) is 5.69 Å². The predicted octanol–water partition coefficient (Wildman–Crippen LogP) is 3.72. The van der Waals surface area contributed by atoms with Gasteiger partial charge in [-0.25, -0.2) is 0 Å². The maximum absolute atomic E-state index is 10.9. The molecule has 0 aliphatic carbocycles. The first kappa shape index (κ1) is 18.1. The van der Waals surface area contributed by atoms with E-state index in [9.17, 15) is 14.9 Å². The van der Waals surface area contributed by atoms with E-state index in [-0.39, 0.29) is 18.3 Å². The van der Waals surface area contributed by atoms with Crippen LogP contribution in [0.15, 0.2) is 41.5 Å². The number of rotatable bonds is 6. The number of carbonyl (C=O) groups excluding carboxylic acids is 1. The fourth-order valence-electron chi connectivity index (χ4n) is 2.21. The SMILES string of the molecule is CC(=O)OCc1cc(C)c(/C=N\Nc2ccc([N+](=O)[O-])cc2)cc1C. The number of hydrogen-bond acceptors (Lipinski definition) is 6. The summed E-state index contributed by atoms with van der Waals surface area (Å²) in [6, 6.07) is 9.94. The van der Waals surface area contributed by atoms with Crippen LogP contribution in [0.5, 0.6) is 0 Å². The molecule has 0 spiro atoms. The largest absolute Gasteiger partial charge is 0.461 e. The van der Waals surface area contributed by atoms with Gasteiger partial charge >= 0.3 is 5.97 Å². The predicted molar refractivity (Wildman–Crippen MR) is 95.7 cm³/mol. The number of hydrazone groups is 1. The van der Waals surface area contributed by atoms with Crippen molar-refractivity contribution in [1.29, 1.82) is 0 Å². The van der Waals surface area contributed by atoms with Crippen LogP contribution >= 0.6 is 0 Å². The molecule has 0 fully saturated rings. The first-order valence-corrected chi connectivity index (χ1v) is 7.64. The summed E-state index contributed by atoms with van der Waals surface area (Å²) in [5.41, 5.74) is 7.41. The van der Waals surface area contributed by atoms with Crippen LogP contribution in [0, 0.1) is 24.0 Å². The van der Waals surface area contributed by atoms with Gasteiger partial charge in [0.15, 0.2) is 0 Å². The van der Waals surface area contributed by atoms with Crippen molar-refractivity contribution in [3.05, 3.63) is 68.8 Å². The van der Waals surface area contributed by atoms with Gasteiger partial charge in [0, 0.05) is 19.1 Å². The number of nitro benzene ring substituents is 1. The topological polar surface area (TPSA) is 93.8 Å².